The summed E-state index contributed by atoms with van der Waals surface area (Å²) in [6.45, 7) is 0.197. The number of hydrogen-bond acceptors (Lipinski definition) is 4. The zero-order valence-corrected chi connectivity index (χ0v) is 8.89. The molecule has 0 atom stereocenters. The molecule has 0 amide bonds. The fourth-order valence-electron chi connectivity index (χ4n) is 1.35. The zero-order chi connectivity index (χ0) is 11.7. The molecule has 0 aliphatic rings. The third-order valence-electron chi connectivity index (χ3n) is 2.16. The molecule has 0 saturated heterocycles. The highest BCUT2D eigenvalue weighted by atomic mass is 35.5. The molecule has 0 spiro atoms. The van der Waals surface area contributed by atoms with E-state index in [0.29, 0.717) is 5.15 Å². The van der Waals surface area contributed by atoms with Crippen LogP contribution in [0.4, 0.5) is 0 Å². The molecule has 84 valence electrons. The first kappa shape index (κ1) is 10.6. The van der Waals surface area contributed by atoms with Crippen LogP contribution in [0.5, 0.6) is 17.5 Å². The second kappa shape index (κ2) is 3.94. The summed E-state index contributed by atoms with van der Waals surface area (Å²) in [6.07, 6.45) is 1.53. The van der Waals surface area contributed by atoms with Crippen LogP contribution in [0.25, 0.3) is 0 Å². The van der Waals surface area contributed by atoms with Crippen LogP contribution in [-0.2, 0) is 6.54 Å². The van der Waals surface area contributed by atoms with E-state index >= 15 is 0 Å². The Balaban J connectivity index is 2.30. The molecule has 2 heterocycles. The molecule has 0 aliphatic carbocycles. The molecular formula is C10H9ClN2O3. The monoisotopic (exact) mass is 240 g/mol. The summed E-state index contributed by atoms with van der Waals surface area (Å²) in [4.78, 5) is 3.87. The van der Waals surface area contributed by atoms with Gasteiger partial charge in [-0.1, -0.05) is 17.7 Å². The van der Waals surface area contributed by atoms with E-state index in [1.54, 1.807) is 12.1 Å². The Labute approximate surface area is 96.2 Å². The topological polar surface area (TPSA) is 78.5 Å². The lowest BCUT2D eigenvalue weighted by Crippen LogP contribution is -1.98. The highest BCUT2D eigenvalue weighted by Crippen LogP contribution is 2.33. The predicted molar refractivity (Wildman–Crippen MR) is 57.8 cm³/mol. The standard InChI is InChI=1S/C10H9ClN2O3/c11-8-2-1-6(4-12-8)5-13-9(15)3-7(14)10(13)16/h1-4,14-16H,5H2. The predicted octanol–water partition coefficient (Wildman–Crippen LogP) is 1.70. The van der Waals surface area contributed by atoms with E-state index in [1.165, 1.54) is 6.20 Å². The Hall–Kier alpha value is -1.88. The zero-order valence-electron chi connectivity index (χ0n) is 8.13. The summed E-state index contributed by atoms with van der Waals surface area (Å²) in [5, 5.41) is 28.4. The second-order valence-electron chi connectivity index (χ2n) is 3.29. The highest BCUT2D eigenvalue weighted by molar-refractivity contribution is 6.29. The summed E-state index contributed by atoms with van der Waals surface area (Å²) in [5.74, 6) is -0.961. The van der Waals surface area contributed by atoms with Gasteiger partial charge in [0.25, 0.3) is 0 Å². The van der Waals surface area contributed by atoms with Crippen molar-refractivity contribution in [3.05, 3.63) is 35.1 Å². The van der Waals surface area contributed by atoms with Crippen molar-refractivity contribution in [3.63, 3.8) is 0 Å². The summed E-state index contributed by atoms with van der Waals surface area (Å²) in [7, 11) is 0. The van der Waals surface area contributed by atoms with Gasteiger partial charge in [0.1, 0.15) is 5.15 Å². The van der Waals surface area contributed by atoms with Gasteiger partial charge in [0.2, 0.25) is 5.88 Å². The fourth-order valence-corrected chi connectivity index (χ4v) is 1.46. The average molecular weight is 241 g/mol. The molecule has 0 aliphatic heterocycles. The summed E-state index contributed by atoms with van der Waals surface area (Å²) in [5.41, 5.74) is 0.741. The molecule has 3 N–H and O–H groups in total. The van der Waals surface area contributed by atoms with Gasteiger partial charge in [-0.2, -0.15) is 0 Å². The normalized spacial score (nSPS) is 10.6. The van der Waals surface area contributed by atoms with Gasteiger partial charge in [0.15, 0.2) is 11.6 Å². The van der Waals surface area contributed by atoms with Crippen LogP contribution in [0.15, 0.2) is 24.4 Å². The molecule has 0 bridgehead atoms. The first-order valence-electron chi connectivity index (χ1n) is 4.49. The maximum atomic E-state index is 9.44. The number of rotatable bonds is 2. The van der Waals surface area contributed by atoms with Gasteiger partial charge in [-0.15, -0.1) is 0 Å². The quantitative estimate of drug-likeness (QED) is 0.698. The van der Waals surface area contributed by atoms with Gasteiger partial charge in [-0.05, 0) is 11.6 Å². The van der Waals surface area contributed by atoms with Gasteiger partial charge in [-0.3, -0.25) is 4.57 Å². The van der Waals surface area contributed by atoms with Crippen molar-refractivity contribution in [2.24, 2.45) is 0 Å². The molecule has 0 aromatic carbocycles. The summed E-state index contributed by atoms with van der Waals surface area (Å²) in [6, 6.07) is 4.39. The van der Waals surface area contributed by atoms with Crippen LogP contribution < -0.4 is 0 Å². The van der Waals surface area contributed by atoms with Crippen LogP contribution in [0.3, 0.4) is 0 Å². The summed E-state index contributed by atoms with van der Waals surface area (Å²) < 4.78 is 1.15. The molecule has 6 heteroatoms. The Morgan fingerprint density at radius 2 is 2.00 bits per heavy atom. The van der Waals surface area contributed by atoms with E-state index in [1.807, 2.05) is 0 Å². The Morgan fingerprint density at radius 1 is 1.25 bits per heavy atom. The largest absolute Gasteiger partial charge is 0.503 e. The molecule has 0 saturated carbocycles. The Morgan fingerprint density at radius 3 is 2.50 bits per heavy atom. The average Bonchev–Trinajstić information content (AvgIpc) is 2.48. The third-order valence-corrected chi connectivity index (χ3v) is 2.38. The first-order valence-corrected chi connectivity index (χ1v) is 4.86. The molecule has 16 heavy (non-hydrogen) atoms. The molecule has 2 aromatic heterocycles. The first-order chi connectivity index (χ1) is 7.58. The second-order valence-corrected chi connectivity index (χ2v) is 3.67. The molecule has 0 radical (unpaired) electrons. The smallest absolute Gasteiger partial charge is 0.237 e. The maximum Gasteiger partial charge on any atom is 0.237 e. The third kappa shape index (κ3) is 1.90. The number of halogens is 1. The SMILES string of the molecule is Oc1cc(O)n(Cc2ccc(Cl)nc2)c1O. The minimum Gasteiger partial charge on any atom is -0.503 e. The van der Waals surface area contributed by atoms with Gasteiger partial charge in [0.05, 0.1) is 6.54 Å². The van der Waals surface area contributed by atoms with E-state index < -0.39 is 0 Å². The van der Waals surface area contributed by atoms with Crippen molar-refractivity contribution in [3.8, 4) is 17.5 Å². The number of aromatic nitrogens is 2. The molecule has 2 rings (SSSR count). The van der Waals surface area contributed by atoms with Crippen molar-refractivity contribution in [2.75, 3.05) is 0 Å². The molecule has 0 unspecified atom stereocenters. The Kier molecular flexibility index (Phi) is 2.62. The van der Waals surface area contributed by atoms with E-state index in [0.717, 1.165) is 16.2 Å². The van der Waals surface area contributed by atoms with E-state index in [9.17, 15) is 15.3 Å². The van der Waals surface area contributed by atoms with Gasteiger partial charge in [-0.25, -0.2) is 4.98 Å². The lowest BCUT2D eigenvalue weighted by Gasteiger charge is -2.06. The van der Waals surface area contributed by atoms with Crippen LogP contribution in [0.1, 0.15) is 5.56 Å². The summed E-state index contributed by atoms with van der Waals surface area (Å²) >= 11 is 5.62. The van der Waals surface area contributed by atoms with Crippen LogP contribution in [-0.4, -0.2) is 24.9 Å². The van der Waals surface area contributed by atoms with Crippen LogP contribution in [0.2, 0.25) is 5.15 Å². The van der Waals surface area contributed by atoms with Crippen molar-refractivity contribution in [1.82, 2.24) is 9.55 Å². The van der Waals surface area contributed by atoms with Crippen LogP contribution in [0, 0.1) is 0 Å². The molecular weight excluding hydrogens is 232 g/mol. The lowest BCUT2D eigenvalue weighted by molar-refractivity contribution is 0.358. The Bertz CT molecular complexity index is 508. The molecule has 5 nitrogen and oxygen atoms in total. The van der Waals surface area contributed by atoms with Gasteiger partial charge in [0, 0.05) is 12.3 Å². The number of hydrogen-bond donors (Lipinski definition) is 3. The van der Waals surface area contributed by atoms with Gasteiger partial charge >= 0.3 is 0 Å². The van der Waals surface area contributed by atoms with E-state index in [2.05, 4.69) is 4.98 Å². The minimum absolute atomic E-state index is 0.197. The maximum absolute atomic E-state index is 9.44. The van der Waals surface area contributed by atoms with Crippen molar-refractivity contribution >= 4 is 11.6 Å². The van der Waals surface area contributed by atoms with Crippen molar-refractivity contribution in [2.45, 2.75) is 6.54 Å². The number of pyridine rings is 1. The molecule has 2 aromatic rings. The van der Waals surface area contributed by atoms with Crippen molar-refractivity contribution < 1.29 is 15.3 Å². The fraction of sp³-hybridized carbons (Fsp3) is 0.100. The number of nitrogens with zero attached hydrogens (tertiary/aromatic N) is 2. The van der Waals surface area contributed by atoms with Crippen LogP contribution >= 0.6 is 11.6 Å². The molecule has 0 fully saturated rings. The van der Waals surface area contributed by atoms with E-state index in [-0.39, 0.29) is 24.1 Å². The number of aromatic hydroxyl groups is 3. The van der Waals surface area contributed by atoms with Crippen molar-refractivity contribution in [1.29, 1.82) is 0 Å². The van der Waals surface area contributed by atoms with Gasteiger partial charge < -0.3 is 15.3 Å². The lowest BCUT2D eigenvalue weighted by atomic mass is 10.3. The highest BCUT2D eigenvalue weighted by Gasteiger charge is 2.12. The minimum atomic E-state index is -0.382. The van der Waals surface area contributed by atoms with E-state index in [4.69, 9.17) is 11.6 Å².